The van der Waals surface area contributed by atoms with Gasteiger partial charge in [-0.2, -0.15) is 0 Å². The van der Waals surface area contributed by atoms with E-state index in [4.69, 9.17) is 9.97 Å². The number of aromatic nitrogens is 4. The van der Waals surface area contributed by atoms with Crippen molar-refractivity contribution in [3.05, 3.63) is 108 Å². The van der Waals surface area contributed by atoms with E-state index in [-0.39, 0.29) is 11.8 Å². The molecule has 0 unspecified atom stereocenters. The number of anilines is 4. The molecule has 0 spiro atoms. The molecule has 6 aromatic rings. The Kier molecular flexibility index (Phi) is 8.24. The van der Waals surface area contributed by atoms with Crippen molar-refractivity contribution >= 4 is 51.1 Å². The fraction of sp³-hybridized carbons (Fsp3) is 0.171. The van der Waals surface area contributed by atoms with Crippen molar-refractivity contribution in [2.75, 3.05) is 41.7 Å². The monoisotopic (exact) mass is 628 g/mol. The average Bonchev–Trinajstić information content (AvgIpc) is 3.68. The molecule has 0 bridgehead atoms. The van der Waals surface area contributed by atoms with Crippen molar-refractivity contribution in [1.29, 1.82) is 0 Å². The molecule has 3 aromatic carbocycles. The Morgan fingerprint density at radius 1 is 0.935 bits per heavy atom. The molecule has 3 aromatic heterocycles. The lowest BCUT2D eigenvalue weighted by atomic mass is 10.1. The zero-order valence-corrected chi connectivity index (χ0v) is 26.1. The van der Waals surface area contributed by atoms with Gasteiger partial charge in [0.1, 0.15) is 5.69 Å². The van der Waals surface area contributed by atoms with Gasteiger partial charge in [0.05, 0.1) is 24.4 Å². The number of nitrogens with zero attached hydrogens (tertiary/aromatic N) is 6. The molecule has 0 atom stereocenters. The molecule has 11 heteroatoms. The van der Waals surface area contributed by atoms with Crippen molar-refractivity contribution in [2.24, 2.45) is 0 Å². The molecule has 2 amide bonds. The third kappa shape index (κ3) is 6.23. The van der Waals surface area contributed by atoms with Gasteiger partial charge in [-0.15, -0.1) is 11.3 Å². The number of carbonyl (C=O) groups is 2. The van der Waals surface area contributed by atoms with E-state index >= 15 is 0 Å². The van der Waals surface area contributed by atoms with Crippen LogP contribution in [0.25, 0.3) is 27.6 Å². The van der Waals surface area contributed by atoms with Crippen LogP contribution < -0.4 is 15.5 Å². The van der Waals surface area contributed by atoms with E-state index in [1.807, 2.05) is 106 Å². The molecule has 2 N–H and O–H groups in total. The summed E-state index contributed by atoms with van der Waals surface area (Å²) in [7, 11) is 0. The first-order valence-electron chi connectivity index (χ1n) is 15.2. The Morgan fingerprint density at radius 2 is 1.78 bits per heavy atom. The average molecular weight is 629 g/mol. The Hall–Kier alpha value is -5.39. The highest BCUT2D eigenvalue weighted by Crippen LogP contribution is 2.35. The third-order valence-corrected chi connectivity index (χ3v) is 8.73. The number of fused-ring (bicyclic) bond motifs is 1. The molecule has 10 nitrogen and oxygen atoms in total. The van der Waals surface area contributed by atoms with Crippen molar-refractivity contribution in [3.63, 3.8) is 0 Å². The zero-order valence-electron chi connectivity index (χ0n) is 25.3. The van der Waals surface area contributed by atoms with E-state index in [1.54, 1.807) is 17.5 Å². The van der Waals surface area contributed by atoms with Crippen LogP contribution in [0.1, 0.15) is 12.5 Å². The van der Waals surface area contributed by atoms with Crippen LogP contribution >= 0.6 is 11.3 Å². The summed E-state index contributed by atoms with van der Waals surface area (Å²) in [6.45, 7) is 4.94. The summed E-state index contributed by atoms with van der Waals surface area (Å²) >= 11 is 1.54. The Labute approximate surface area is 270 Å². The smallest absolute Gasteiger partial charge is 0.241 e. The highest BCUT2D eigenvalue weighted by molar-refractivity contribution is 7.15. The van der Waals surface area contributed by atoms with Gasteiger partial charge < -0.3 is 15.5 Å². The van der Waals surface area contributed by atoms with Crippen LogP contribution in [-0.2, 0) is 16.0 Å². The lowest BCUT2D eigenvalue weighted by molar-refractivity contribution is -0.121. The van der Waals surface area contributed by atoms with Crippen LogP contribution in [0, 0.1) is 0 Å². The second kappa shape index (κ2) is 12.9. The summed E-state index contributed by atoms with van der Waals surface area (Å²) in [5.74, 6) is 0.469. The van der Waals surface area contributed by atoms with E-state index in [2.05, 4.69) is 27.4 Å². The predicted octanol–water partition coefficient (Wildman–Crippen LogP) is 6.11. The second-order valence-corrected chi connectivity index (χ2v) is 11.9. The van der Waals surface area contributed by atoms with E-state index < -0.39 is 0 Å². The molecular formula is C35H32N8O2S. The second-order valence-electron chi connectivity index (χ2n) is 11.0. The lowest BCUT2D eigenvalue weighted by Crippen LogP contribution is -2.50. The van der Waals surface area contributed by atoms with Gasteiger partial charge in [0, 0.05) is 53.5 Å². The number of likely N-dealkylation sites (N-methyl/N-ethyl adjacent to an activating group) is 1. The number of rotatable bonds is 9. The number of amides is 2. The minimum Gasteiger partial charge on any atom is -0.326 e. The molecule has 7 rings (SSSR count). The van der Waals surface area contributed by atoms with E-state index in [0.29, 0.717) is 36.8 Å². The van der Waals surface area contributed by atoms with Gasteiger partial charge in [-0.3, -0.25) is 18.9 Å². The maximum Gasteiger partial charge on any atom is 0.241 e. The van der Waals surface area contributed by atoms with Crippen LogP contribution in [-0.4, -0.2) is 62.2 Å². The summed E-state index contributed by atoms with van der Waals surface area (Å²) in [4.78, 5) is 44.5. The lowest BCUT2D eigenvalue weighted by Gasteiger charge is -2.33. The minimum absolute atomic E-state index is 0.0837. The van der Waals surface area contributed by atoms with E-state index in [9.17, 15) is 9.59 Å². The quantitative estimate of drug-likeness (QED) is 0.199. The van der Waals surface area contributed by atoms with Crippen molar-refractivity contribution < 1.29 is 9.59 Å². The van der Waals surface area contributed by atoms with Crippen molar-refractivity contribution in [1.82, 2.24) is 24.3 Å². The summed E-state index contributed by atoms with van der Waals surface area (Å²) in [5, 5.41) is 8.32. The molecular weight excluding hydrogens is 597 g/mol. The number of imidazole rings is 1. The molecule has 1 aliphatic rings. The standard InChI is InChI=1S/C35H32N8O2S/c1-2-41-17-18-42(31(45)23-41)28-13-11-26(12-14-28)38-34-36-16-15-29(39-34)33-32(40-35-43(33)19-20-46-35)25-9-6-10-27(22-25)37-30(44)21-24-7-4-3-5-8-24/h3-16,19-20,22H,2,17-18,21,23H2,1H3,(H,37,44)(H,36,38,39). The molecule has 0 radical (unpaired) electrons. The molecule has 0 aliphatic carbocycles. The number of carbonyl (C=O) groups excluding carboxylic acids is 2. The fourth-order valence-corrected chi connectivity index (χ4v) is 6.35. The molecule has 0 saturated carbocycles. The normalized spacial score (nSPS) is 13.7. The zero-order chi connectivity index (χ0) is 31.5. The Balaban J connectivity index is 1.12. The first-order chi connectivity index (χ1) is 22.5. The van der Waals surface area contributed by atoms with E-state index in [0.717, 1.165) is 51.9 Å². The van der Waals surface area contributed by atoms with Crippen molar-refractivity contribution in [3.8, 4) is 22.6 Å². The van der Waals surface area contributed by atoms with Crippen molar-refractivity contribution in [2.45, 2.75) is 13.3 Å². The Bertz CT molecular complexity index is 2000. The van der Waals surface area contributed by atoms with Crippen LogP contribution in [0.5, 0.6) is 0 Å². The maximum atomic E-state index is 12.8. The highest BCUT2D eigenvalue weighted by atomic mass is 32.1. The molecule has 1 saturated heterocycles. The predicted molar refractivity (Wildman–Crippen MR) is 182 cm³/mol. The molecule has 46 heavy (non-hydrogen) atoms. The summed E-state index contributed by atoms with van der Waals surface area (Å²) < 4.78 is 2.02. The maximum absolute atomic E-state index is 12.8. The molecule has 1 aliphatic heterocycles. The number of hydrogen-bond donors (Lipinski definition) is 2. The van der Waals surface area contributed by atoms with Gasteiger partial charge >= 0.3 is 0 Å². The largest absolute Gasteiger partial charge is 0.326 e. The SMILES string of the molecule is CCN1CCN(c2ccc(Nc3nccc(-c4c(-c5cccc(NC(=O)Cc6ccccc6)c5)nc5sccn45)n3)cc2)C(=O)C1. The highest BCUT2D eigenvalue weighted by Gasteiger charge is 2.24. The fourth-order valence-electron chi connectivity index (χ4n) is 5.63. The number of piperazine rings is 1. The first-order valence-corrected chi connectivity index (χ1v) is 16.0. The van der Waals surface area contributed by atoms with Crippen LogP contribution in [0.3, 0.4) is 0 Å². The summed E-state index contributed by atoms with van der Waals surface area (Å²) in [5.41, 5.74) is 6.49. The topological polar surface area (TPSA) is 108 Å². The summed E-state index contributed by atoms with van der Waals surface area (Å²) in [6, 6.07) is 27.0. The number of hydrogen-bond acceptors (Lipinski definition) is 8. The number of nitrogens with one attached hydrogen (secondary N) is 2. The third-order valence-electron chi connectivity index (χ3n) is 7.97. The van der Waals surface area contributed by atoms with Gasteiger partial charge in [0.15, 0.2) is 4.96 Å². The molecule has 230 valence electrons. The summed E-state index contributed by atoms with van der Waals surface area (Å²) in [6.07, 6.45) is 4.00. The molecule has 1 fully saturated rings. The van der Waals surface area contributed by atoms with Gasteiger partial charge in [-0.1, -0.05) is 49.4 Å². The first kappa shape index (κ1) is 29.3. The van der Waals surface area contributed by atoms with E-state index in [1.165, 1.54) is 0 Å². The Morgan fingerprint density at radius 3 is 2.59 bits per heavy atom. The van der Waals surface area contributed by atoms with Gasteiger partial charge in [-0.05, 0) is 54.6 Å². The van der Waals surface area contributed by atoms with Crippen LogP contribution in [0.2, 0.25) is 0 Å². The van der Waals surface area contributed by atoms with Crippen LogP contribution in [0.15, 0.2) is 103 Å². The number of benzene rings is 3. The van der Waals surface area contributed by atoms with Crippen LogP contribution in [0.4, 0.5) is 23.0 Å². The van der Waals surface area contributed by atoms with Gasteiger partial charge in [0.2, 0.25) is 17.8 Å². The van der Waals surface area contributed by atoms with Gasteiger partial charge in [-0.25, -0.2) is 15.0 Å². The van der Waals surface area contributed by atoms with Gasteiger partial charge in [0.25, 0.3) is 0 Å². The number of thiazole rings is 1. The molecule has 4 heterocycles. The minimum atomic E-state index is -0.0837.